The molecule has 1 rings (SSSR count). The summed E-state index contributed by atoms with van der Waals surface area (Å²) in [4.78, 5) is 13.4. The van der Waals surface area contributed by atoms with E-state index >= 15 is 0 Å². The van der Waals surface area contributed by atoms with Gasteiger partial charge in [0.1, 0.15) is 0 Å². The van der Waals surface area contributed by atoms with Gasteiger partial charge in [-0.3, -0.25) is 9.69 Å². The fraction of sp³-hybridized carbons (Fsp3) is 0.900. The van der Waals surface area contributed by atoms with E-state index in [2.05, 4.69) is 24.1 Å². The van der Waals surface area contributed by atoms with E-state index in [1.165, 1.54) is 12.8 Å². The van der Waals surface area contributed by atoms with Crippen LogP contribution in [0.3, 0.4) is 0 Å². The van der Waals surface area contributed by atoms with Crippen LogP contribution in [0.5, 0.6) is 0 Å². The van der Waals surface area contributed by atoms with Crippen LogP contribution in [-0.2, 0) is 4.79 Å². The molecule has 0 aromatic rings. The molecule has 0 radical (unpaired) electrons. The van der Waals surface area contributed by atoms with Crippen LogP contribution in [0, 0.1) is 0 Å². The molecule has 0 saturated carbocycles. The Hall–Kier alpha value is -0.570. The number of amides is 1. The number of carbonyl (C=O) groups is 1. The van der Waals surface area contributed by atoms with Gasteiger partial charge in [0.15, 0.2) is 0 Å². The third-order valence-corrected chi connectivity index (χ3v) is 2.96. The van der Waals surface area contributed by atoms with Gasteiger partial charge >= 0.3 is 0 Å². The molecule has 0 spiro atoms. The van der Waals surface area contributed by atoms with Gasteiger partial charge in [-0.1, -0.05) is 0 Å². The standard InChI is InChI=1S/C10H20N2O/c1-10(2)6-4-7-12(10)8-5-9(13)11-3/h4-8H2,1-3H3,(H,11,13). The number of hydrogen-bond donors (Lipinski definition) is 1. The van der Waals surface area contributed by atoms with Crippen LogP contribution in [0.15, 0.2) is 0 Å². The van der Waals surface area contributed by atoms with Crippen molar-refractivity contribution in [3.8, 4) is 0 Å². The molecule has 0 aromatic heterocycles. The minimum Gasteiger partial charge on any atom is -0.359 e. The van der Waals surface area contributed by atoms with Crippen LogP contribution >= 0.6 is 0 Å². The monoisotopic (exact) mass is 184 g/mol. The Kier molecular flexibility index (Phi) is 3.31. The topological polar surface area (TPSA) is 32.3 Å². The van der Waals surface area contributed by atoms with E-state index < -0.39 is 0 Å². The van der Waals surface area contributed by atoms with Gasteiger partial charge in [0.2, 0.25) is 5.91 Å². The molecule has 1 N–H and O–H groups in total. The molecule has 3 heteroatoms. The van der Waals surface area contributed by atoms with E-state index in [-0.39, 0.29) is 5.91 Å². The smallest absolute Gasteiger partial charge is 0.221 e. The van der Waals surface area contributed by atoms with E-state index in [0.717, 1.165) is 13.1 Å². The van der Waals surface area contributed by atoms with Gasteiger partial charge < -0.3 is 5.32 Å². The molecule has 76 valence electrons. The molecular weight excluding hydrogens is 164 g/mol. The van der Waals surface area contributed by atoms with Crippen molar-refractivity contribution in [3.63, 3.8) is 0 Å². The summed E-state index contributed by atoms with van der Waals surface area (Å²) in [5.41, 5.74) is 0.300. The van der Waals surface area contributed by atoms with E-state index in [0.29, 0.717) is 12.0 Å². The lowest BCUT2D eigenvalue weighted by Crippen LogP contribution is -2.40. The Labute approximate surface area is 80.5 Å². The van der Waals surface area contributed by atoms with Crippen molar-refractivity contribution < 1.29 is 4.79 Å². The summed E-state index contributed by atoms with van der Waals surface area (Å²) in [5, 5.41) is 2.65. The lowest BCUT2D eigenvalue weighted by molar-refractivity contribution is -0.121. The zero-order valence-electron chi connectivity index (χ0n) is 8.89. The van der Waals surface area contributed by atoms with Gasteiger partial charge in [0, 0.05) is 25.6 Å². The molecular formula is C10H20N2O. The van der Waals surface area contributed by atoms with Crippen molar-refractivity contribution >= 4 is 5.91 Å². The molecule has 1 aliphatic rings. The van der Waals surface area contributed by atoms with Gasteiger partial charge in [-0.2, -0.15) is 0 Å². The second-order valence-corrected chi connectivity index (χ2v) is 4.33. The van der Waals surface area contributed by atoms with Gasteiger partial charge in [-0.15, -0.1) is 0 Å². The summed E-state index contributed by atoms with van der Waals surface area (Å²) in [6, 6.07) is 0. The Morgan fingerprint density at radius 1 is 1.54 bits per heavy atom. The van der Waals surface area contributed by atoms with Crippen molar-refractivity contribution in [1.29, 1.82) is 0 Å². The number of rotatable bonds is 3. The minimum atomic E-state index is 0.141. The number of hydrogen-bond acceptors (Lipinski definition) is 2. The first kappa shape index (κ1) is 10.5. The highest BCUT2D eigenvalue weighted by Gasteiger charge is 2.31. The SMILES string of the molecule is CNC(=O)CCN1CCCC1(C)C. The molecule has 1 saturated heterocycles. The van der Waals surface area contributed by atoms with Crippen molar-refractivity contribution in [3.05, 3.63) is 0 Å². The molecule has 0 bridgehead atoms. The Morgan fingerprint density at radius 3 is 2.69 bits per heavy atom. The summed E-state index contributed by atoms with van der Waals surface area (Å²) in [7, 11) is 1.69. The normalized spacial score (nSPS) is 21.8. The first-order valence-electron chi connectivity index (χ1n) is 5.02. The van der Waals surface area contributed by atoms with Crippen LogP contribution in [0.2, 0.25) is 0 Å². The molecule has 13 heavy (non-hydrogen) atoms. The van der Waals surface area contributed by atoms with Crippen molar-refractivity contribution in [2.75, 3.05) is 20.1 Å². The fourth-order valence-corrected chi connectivity index (χ4v) is 1.94. The molecule has 0 unspecified atom stereocenters. The number of nitrogens with one attached hydrogen (secondary N) is 1. The zero-order valence-corrected chi connectivity index (χ0v) is 8.89. The van der Waals surface area contributed by atoms with Crippen LogP contribution in [0.1, 0.15) is 33.1 Å². The molecule has 1 amide bonds. The Bertz CT molecular complexity index is 189. The highest BCUT2D eigenvalue weighted by molar-refractivity contribution is 5.75. The molecule has 0 atom stereocenters. The Morgan fingerprint density at radius 2 is 2.23 bits per heavy atom. The van der Waals surface area contributed by atoms with E-state index in [1.54, 1.807) is 7.05 Å². The van der Waals surface area contributed by atoms with Crippen molar-refractivity contribution in [2.45, 2.75) is 38.6 Å². The van der Waals surface area contributed by atoms with Crippen molar-refractivity contribution in [1.82, 2.24) is 10.2 Å². The molecule has 0 aromatic carbocycles. The highest BCUT2D eigenvalue weighted by Crippen LogP contribution is 2.27. The molecule has 1 fully saturated rings. The maximum atomic E-state index is 11.0. The predicted molar refractivity (Wildman–Crippen MR) is 53.6 cm³/mol. The average Bonchev–Trinajstić information content (AvgIpc) is 2.41. The maximum Gasteiger partial charge on any atom is 0.221 e. The minimum absolute atomic E-state index is 0.141. The summed E-state index contributed by atoms with van der Waals surface area (Å²) >= 11 is 0. The third kappa shape index (κ3) is 2.69. The van der Waals surface area contributed by atoms with Crippen LogP contribution in [0.25, 0.3) is 0 Å². The van der Waals surface area contributed by atoms with Gasteiger partial charge in [0.25, 0.3) is 0 Å². The number of nitrogens with zero attached hydrogens (tertiary/aromatic N) is 1. The summed E-state index contributed by atoms with van der Waals surface area (Å²) in [5.74, 6) is 0.141. The average molecular weight is 184 g/mol. The zero-order chi connectivity index (χ0) is 9.90. The van der Waals surface area contributed by atoms with E-state index in [9.17, 15) is 4.79 Å². The highest BCUT2D eigenvalue weighted by atomic mass is 16.1. The first-order valence-corrected chi connectivity index (χ1v) is 5.02. The van der Waals surface area contributed by atoms with Crippen LogP contribution in [-0.4, -0.2) is 36.5 Å². The maximum absolute atomic E-state index is 11.0. The lowest BCUT2D eigenvalue weighted by Gasteiger charge is -2.31. The number of carbonyl (C=O) groups excluding carboxylic acids is 1. The quantitative estimate of drug-likeness (QED) is 0.709. The fourth-order valence-electron chi connectivity index (χ4n) is 1.94. The summed E-state index contributed by atoms with van der Waals surface area (Å²) in [6.07, 6.45) is 3.14. The lowest BCUT2D eigenvalue weighted by atomic mass is 10.0. The molecule has 1 heterocycles. The predicted octanol–water partition coefficient (Wildman–Crippen LogP) is 0.997. The van der Waals surface area contributed by atoms with Gasteiger partial charge in [0.05, 0.1) is 0 Å². The molecule has 3 nitrogen and oxygen atoms in total. The summed E-state index contributed by atoms with van der Waals surface area (Å²) in [6.45, 7) is 6.55. The molecule has 0 aliphatic carbocycles. The largest absolute Gasteiger partial charge is 0.359 e. The summed E-state index contributed by atoms with van der Waals surface area (Å²) < 4.78 is 0. The van der Waals surface area contributed by atoms with Crippen LogP contribution < -0.4 is 5.32 Å². The Balaban J connectivity index is 2.33. The van der Waals surface area contributed by atoms with E-state index in [4.69, 9.17) is 0 Å². The van der Waals surface area contributed by atoms with Crippen molar-refractivity contribution in [2.24, 2.45) is 0 Å². The first-order chi connectivity index (χ1) is 6.06. The molecule has 1 aliphatic heterocycles. The second-order valence-electron chi connectivity index (χ2n) is 4.33. The van der Waals surface area contributed by atoms with E-state index in [1.807, 2.05) is 0 Å². The van der Waals surface area contributed by atoms with Crippen LogP contribution in [0.4, 0.5) is 0 Å². The third-order valence-electron chi connectivity index (χ3n) is 2.96. The number of likely N-dealkylation sites (tertiary alicyclic amines) is 1. The van der Waals surface area contributed by atoms with Gasteiger partial charge in [-0.05, 0) is 33.2 Å². The van der Waals surface area contributed by atoms with Gasteiger partial charge in [-0.25, -0.2) is 0 Å². The second kappa shape index (κ2) is 4.09.